The van der Waals surface area contributed by atoms with Crippen LogP contribution < -0.4 is 10.5 Å². The van der Waals surface area contributed by atoms with Crippen molar-refractivity contribution in [2.45, 2.75) is 25.6 Å². The third-order valence-corrected chi connectivity index (χ3v) is 4.33. The van der Waals surface area contributed by atoms with Crippen LogP contribution >= 0.6 is 0 Å². The van der Waals surface area contributed by atoms with Crippen molar-refractivity contribution in [1.29, 1.82) is 0 Å². The maximum Gasteiger partial charge on any atom is 0.237 e. The fraction of sp³-hybridized carbons (Fsp3) is 0.357. The summed E-state index contributed by atoms with van der Waals surface area (Å²) in [4.78, 5) is 0. The van der Waals surface area contributed by atoms with Crippen molar-refractivity contribution in [1.82, 2.24) is 9.78 Å². The van der Waals surface area contributed by atoms with Crippen molar-refractivity contribution in [3.63, 3.8) is 0 Å². The van der Waals surface area contributed by atoms with Crippen molar-refractivity contribution in [3.05, 3.63) is 47.3 Å². The van der Waals surface area contributed by atoms with Gasteiger partial charge >= 0.3 is 0 Å². The highest BCUT2D eigenvalue weighted by Gasteiger charge is 2.15. The van der Waals surface area contributed by atoms with Gasteiger partial charge in [-0.2, -0.15) is 5.10 Å². The summed E-state index contributed by atoms with van der Waals surface area (Å²) in [6.07, 6.45) is 2.34. The molecule has 2 rings (SSSR count). The van der Waals surface area contributed by atoms with Crippen LogP contribution in [0.15, 0.2) is 30.5 Å². The summed E-state index contributed by atoms with van der Waals surface area (Å²) in [7, 11) is -1.71. The average Bonchev–Trinajstić information content (AvgIpc) is 2.77. The molecule has 0 atom stereocenters. The second-order valence-electron chi connectivity index (χ2n) is 4.90. The van der Waals surface area contributed by atoms with Gasteiger partial charge in [0.1, 0.15) is 0 Å². The minimum Gasteiger partial charge on any atom is -0.326 e. The average molecular weight is 308 g/mol. The Morgan fingerprint density at radius 3 is 2.71 bits per heavy atom. The number of nitrogens with two attached hydrogens (primary N) is 1. The van der Waals surface area contributed by atoms with Gasteiger partial charge in [0.25, 0.3) is 0 Å². The van der Waals surface area contributed by atoms with Gasteiger partial charge in [-0.25, -0.2) is 8.42 Å². The number of sulfonamides is 1. The molecule has 0 aliphatic heterocycles. The van der Waals surface area contributed by atoms with Gasteiger partial charge in [-0.1, -0.05) is 31.2 Å². The van der Waals surface area contributed by atoms with Crippen LogP contribution in [0.2, 0.25) is 0 Å². The molecule has 3 N–H and O–H groups in total. The van der Waals surface area contributed by atoms with Crippen LogP contribution in [0.3, 0.4) is 0 Å². The first-order valence-corrected chi connectivity index (χ1v) is 8.39. The number of hydrogen-bond acceptors (Lipinski definition) is 4. The molecule has 2 aromatic rings. The Morgan fingerprint density at radius 2 is 2.05 bits per heavy atom. The summed E-state index contributed by atoms with van der Waals surface area (Å²) >= 11 is 0. The van der Waals surface area contributed by atoms with Crippen LogP contribution in [0, 0.1) is 0 Å². The number of rotatable bonds is 6. The lowest BCUT2D eigenvalue weighted by Crippen LogP contribution is -2.16. The van der Waals surface area contributed by atoms with Gasteiger partial charge in [0.2, 0.25) is 10.0 Å². The summed E-state index contributed by atoms with van der Waals surface area (Å²) < 4.78 is 28.7. The van der Waals surface area contributed by atoms with Crippen molar-refractivity contribution in [2.24, 2.45) is 12.8 Å². The summed E-state index contributed by atoms with van der Waals surface area (Å²) in [5, 5.41) is 4.22. The van der Waals surface area contributed by atoms with Crippen LogP contribution in [0.4, 0.5) is 5.69 Å². The van der Waals surface area contributed by atoms with E-state index in [9.17, 15) is 8.42 Å². The number of hydrogen-bond donors (Lipinski definition) is 2. The van der Waals surface area contributed by atoms with E-state index in [0.717, 1.165) is 11.3 Å². The number of nitrogens with zero attached hydrogens (tertiary/aromatic N) is 2. The Hall–Kier alpha value is -1.86. The van der Waals surface area contributed by atoms with E-state index in [2.05, 4.69) is 9.82 Å². The van der Waals surface area contributed by atoms with E-state index in [4.69, 9.17) is 5.73 Å². The monoisotopic (exact) mass is 308 g/mol. The third kappa shape index (κ3) is 4.05. The SMILES string of the molecule is CCc1nn(C)cc1NS(=O)(=O)Cc1cccc(CN)c1. The molecule has 0 saturated heterocycles. The van der Waals surface area contributed by atoms with Gasteiger partial charge < -0.3 is 5.73 Å². The molecule has 0 spiro atoms. The fourth-order valence-electron chi connectivity index (χ4n) is 2.15. The maximum absolute atomic E-state index is 12.3. The zero-order valence-corrected chi connectivity index (χ0v) is 13.0. The standard InChI is InChI=1S/C14H20N4O2S/c1-3-13-14(9-18(2)16-13)17-21(19,20)10-12-6-4-5-11(7-12)8-15/h4-7,9,17H,3,8,10,15H2,1-2H3. The molecule has 6 nitrogen and oxygen atoms in total. The first kappa shape index (κ1) is 15.5. The number of nitrogens with one attached hydrogen (secondary N) is 1. The molecule has 0 amide bonds. The van der Waals surface area contributed by atoms with Gasteiger partial charge in [-0.05, 0) is 17.5 Å². The molecule has 0 fully saturated rings. The van der Waals surface area contributed by atoms with E-state index < -0.39 is 10.0 Å². The third-order valence-electron chi connectivity index (χ3n) is 3.09. The molecule has 0 aliphatic rings. The van der Waals surface area contributed by atoms with Crippen LogP contribution in [-0.4, -0.2) is 18.2 Å². The van der Waals surface area contributed by atoms with Gasteiger partial charge in [0, 0.05) is 19.8 Å². The van der Waals surface area contributed by atoms with Crippen molar-refractivity contribution in [2.75, 3.05) is 4.72 Å². The van der Waals surface area contributed by atoms with Crippen molar-refractivity contribution in [3.8, 4) is 0 Å². The zero-order chi connectivity index (χ0) is 15.5. The molecule has 114 valence electrons. The molecule has 1 aromatic heterocycles. The number of anilines is 1. The van der Waals surface area contributed by atoms with E-state index in [-0.39, 0.29) is 5.75 Å². The van der Waals surface area contributed by atoms with Gasteiger partial charge in [-0.15, -0.1) is 0 Å². The quantitative estimate of drug-likeness (QED) is 0.843. The fourth-order valence-corrected chi connectivity index (χ4v) is 3.35. The highest BCUT2D eigenvalue weighted by molar-refractivity contribution is 7.91. The molecule has 7 heteroatoms. The zero-order valence-electron chi connectivity index (χ0n) is 12.2. The summed E-state index contributed by atoms with van der Waals surface area (Å²) in [5.41, 5.74) is 8.47. The topological polar surface area (TPSA) is 90.0 Å². The summed E-state index contributed by atoms with van der Waals surface area (Å²) in [6, 6.07) is 7.28. The lowest BCUT2D eigenvalue weighted by atomic mass is 10.1. The summed E-state index contributed by atoms with van der Waals surface area (Å²) in [6.45, 7) is 2.33. The first-order chi connectivity index (χ1) is 9.93. The lowest BCUT2D eigenvalue weighted by Gasteiger charge is -2.08. The Kier molecular flexibility index (Phi) is 4.64. The predicted octanol–water partition coefficient (Wildman–Crippen LogP) is 1.38. The Balaban J connectivity index is 2.18. The van der Waals surface area contributed by atoms with Crippen LogP contribution in [0.1, 0.15) is 23.7 Å². The van der Waals surface area contributed by atoms with Crippen LogP contribution in [0.25, 0.3) is 0 Å². The second kappa shape index (κ2) is 6.28. The largest absolute Gasteiger partial charge is 0.326 e. The predicted molar refractivity (Wildman–Crippen MR) is 83.2 cm³/mol. The molecule has 0 radical (unpaired) electrons. The first-order valence-electron chi connectivity index (χ1n) is 6.74. The van der Waals surface area contributed by atoms with Crippen molar-refractivity contribution >= 4 is 15.7 Å². The normalized spacial score (nSPS) is 11.6. The van der Waals surface area contributed by atoms with E-state index >= 15 is 0 Å². The molecule has 0 aliphatic carbocycles. The Labute approximate surface area is 125 Å². The van der Waals surface area contributed by atoms with Gasteiger partial charge in [0.05, 0.1) is 17.1 Å². The lowest BCUT2D eigenvalue weighted by molar-refractivity contribution is 0.600. The highest BCUT2D eigenvalue weighted by atomic mass is 32.2. The minimum absolute atomic E-state index is 0.0844. The number of benzene rings is 1. The van der Waals surface area contributed by atoms with E-state index in [1.807, 2.05) is 25.1 Å². The molecule has 0 bridgehead atoms. The van der Waals surface area contributed by atoms with E-state index in [1.54, 1.807) is 24.0 Å². The van der Waals surface area contributed by atoms with Gasteiger partial charge in [-0.3, -0.25) is 9.40 Å². The molecule has 1 heterocycles. The maximum atomic E-state index is 12.3. The molecule has 1 aromatic carbocycles. The molecular formula is C14H20N4O2S. The van der Waals surface area contributed by atoms with Crippen LogP contribution in [0.5, 0.6) is 0 Å². The van der Waals surface area contributed by atoms with E-state index in [0.29, 0.717) is 24.2 Å². The molecule has 21 heavy (non-hydrogen) atoms. The second-order valence-corrected chi connectivity index (χ2v) is 6.62. The molecule has 0 saturated carbocycles. The minimum atomic E-state index is -3.48. The van der Waals surface area contributed by atoms with Crippen molar-refractivity contribution < 1.29 is 8.42 Å². The van der Waals surface area contributed by atoms with Gasteiger partial charge in [0.15, 0.2) is 0 Å². The Morgan fingerprint density at radius 1 is 1.33 bits per heavy atom. The number of aromatic nitrogens is 2. The van der Waals surface area contributed by atoms with E-state index in [1.165, 1.54) is 0 Å². The van der Waals surface area contributed by atoms with Crippen LogP contribution in [-0.2, 0) is 35.8 Å². The summed E-state index contributed by atoms with van der Waals surface area (Å²) in [5.74, 6) is -0.0844. The Bertz CT molecular complexity index is 722. The smallest absolute Gasteiger partial charge is 0.237 e. The molecule has 0 unspecified atom stereocenters. The highest BCUT2D eigenvalue weighted by Crippen LogP contribution is 2.17. The molecular weight excluding hydrogens is 288 g/mol. The number of aryl methyl sites for hydroxylation is 2.